The lowest BCUT2D eigenvalue weighted by Gasteiger charge is -2.50. The van der Waals surface area contributed by atoms with Crippen LogP contribution in [0.25, 0.3) is 0 Å². The van der Waals surface area contributed by atoms with Gasteiger partial charge in [0.15, 0.2) is 0 Å². The molecule has 1 heterocycles. The number of nitrogens with zero attached hydrogens (tertiary/aromatic N) is 1. The number of rotatable bonds is 5. The van der Waals surface area contributed by atoms with E-state index in [0.29, 0.717) is 74.2 Å². The Kier molecular flexibility index (Phi) is 6.06. The van der Waals surface area contributed by atoms with Gasteiger partial charge in [0.1, 0.15) is 5.78 Å². The van der Waals surface area contributed by atoms with Gasteiger partial charge in [0.05, 0.1) is 13.2 Å². The lowest BCUT2D eigenvalue weighted by atomic mass is 9.54. The molecule has 2 saturated carbocycles. The second kappa shape index (κ2) is 8.86. The molecule has 5 atom stereocenters. The lowest BCUT2D eigenvalue weighted by molar-refractivity contribution is -0.135. The van der Waals surface area contributed by atoms with E-state index in [1.54, 1.807) is 0 Å². The van der Waals surface area contributed by atoms with E-state index in [1.165, 1.54) is 11.1 Å². The minimum absolute atomic E-state index is 0.218. The van der Waals surface area contributed by atoms with Crippen molar-refractivity contribution >= 4 is 17.6 Å². The van der Waals surface area contributed by atoms with Crippen LogP contribution in [0.15, 0.2) is 18.2 Å². The first-order valence-corrected chi connectivity index (χ1v) is 12.7. The fourth-order valence-electron chi connectivity index (χ4n) is 7.55. The van der Waals surface area contributed by atoms with Gasteiger partial charge in [-0.15, -0.1) is 0 Å². The number of ether oxygens (including phenoxy) is 1. The van der Waals surface area contributed by atoms with Crippen LogP contribution in [0.5, 0.6) is 0 Å². The van der Waals surface area contributed by atoms with Crippen LogP contribution in [0.2, 0.25) is 0 Å². The molecule has 6 nitrogen and oxygen atoms in total. The SMILES string of the molecule is C[C@]12CC[C@@H]3c4ccc(C(N)=O)cc4CC[C@H]3C1[C@@H](CCCC(=O)N1CCOCC1)CC2=O. The normalized spacial score (nSPS) is 33.2. The van der Waals surface area contributed by atoms with Crippen LogP contribution in [-0.4, -0.2) is 48.8 Å². The Morgan fingerprint density at radius 2 is 2.00 bits per heavy atom. The van der Waals surface area contributed by atoms with Gasteiger partial charge in [0, 0.05) is 36.9 Å². The van der Waals surface area contributed by atoms with Crippen LogP contribution in [0.3, 0.4) is 0 Å². The number of hydrogen-bond acceptors (Lipinski definition) is 4. The predicted octanol–water partition coefficient (Wildman–Crippen LogP) is 3.47. The molecule has 1 aromatic rings. The van der Waals surface area contributed by atoms with Crippen molar-refractivity contribution in [2.45, 2.75) is 64.2 Å². The zero-order valence-electron chi connectivity index (χ0n) is 19.7. The van der Waals surface area contributed by atoms with Crippen molar-refractivity contribution in [3.8, 4) is 0 Å². The summed E-state index contributed by atoms with van der Waals surface area (Å²) in [5.74, 6) is 2.02. The molecule has 1 saturated heterocycles. The molecule has 3 aliphatic carbocycles. The average molecular weight is 453 g/mol. The second-order valence-electron chi connectivity index (χ2n) is 10.8. The first-order chi connectivity index (χ1) is 15.9. The van der Waals surface area contributed by atoms with Crippen molar-refractivity contribution in [1.82, 2.24) is 4.90 Å². The molecule has 2 amide bonds. The molecule has 0 radical (unpaired) electrons. The quantitative estimate of drug-likeness (QED) is 0.741. The maximum Gasteiger partial charge on any atom is 0.248 e. The third-order valence-electron chi connectivity index (χ3n) is 9.18. The molecule has 1 aliphatic heterocycles. The Morgan fingerprint density at radius 3 is 2.76 bits per heavy atom. The standard InChI is InChI=1S/C27H36N2O4/c1-27-10-9-21-20-7-6-19(26(28)32)15-17(20)5-8-22(21)25(27)18(16-23(27)30)3-2-4-24(31)29-11-13-33-14-12-29/h6-7,15,18,21-22,25H,2-5,8-14,16H2,1H3,(H2,28,32)/t18-,21+,22+,25?,27+/m0/s1. The van der Waals surface area contributed by atoms with Crippen LogP contribution in [0.1, 0.15) is 79.3 Å². The van der Waals surface area contributed by atoms with Gasteiger partial charge in [-0.1, -0.05) is 13.0 Å². The van der Waals surface area contributed by atoms with Crippen molar-refractivity contribution in [3.63, 3.8) is 0 Å². The summed E-state index contributed by atoms with van der Waals surface area (Å²) >= 11 is 0. The number of fused-ring (bicyclic) bond motifs is 5. The summed E-state index contributed by atoms with van der Waals surface area (Å²) in [6.07, 6.45) is 7.05. The van der Waals surface area contributed by atoms with E-state index in [2.05, 4.69) is 13.0 Å². The number of carbonyl (C=O) groups is 3. The highest BCUT2D eigenvalue weighted by Gasteiger charge is 2.58. The zero-order chi connectivity index (χ0) is 23.2. The second-order valence-corrected chi connectivity index (χ2v) is 10.8. The number of benzene rings is 1. The zero-order valence-corrected chi connectivity index (χ0v) is 19.7. The number of ketones is 1. The third kappa shape index (κ3) is 4.01. The molecule has 0 spiro atoms. The van der Waals surface area contributed by atoms with Gasteiger partial charge < -0.3 is 15.4 Å². The van der Waals surface area contributed by atoms with Crippen molar-refractivity contribution in [2.24, 2.45) is 28.9 Å². The van der Waals surface area contributed by atoms with Gasteiger partial charge in [0.25, 0.3) is 0 Å². The molecule has 2 N–H and O–H groups in total. The van der Waals surface area contributed by atoms with Crippen LogP contribution in [-0.2, 0) is 20.7 Å². The summed E-state index contributed by atoms with van der Waals surface area (Å²) in [4.78, 5) is 39.3. The molecule has 5 rings (SSSR count). The topological polar surface area (TPSA) is 89.7 Å². The number of amides is 2. The van der Waals surface area contributed by atoms with Gasteiger partial charge in [-0.3, -0.25) is 14.4 Å². The largest absolute Gasteiger partial charge is 0.378 e. The van der Waals surface area contributed by atoms with Crippen molar-refractivity contribution in [3.05, 3.63) is 34.9 Å². The lowest BCUT2D eigenvalue weighted by Crippen LogP contribution is -2.44. The number of hydrogen-bond donors (Lipinski definition) is 1. The number of aryl methyl sites for hydroxylation is 1. The van der Waals surface area contributed by atoms with Crippen LogP contribution < -0.4 is 5.73 Å². The van der Waals surface area contributed by atoms with E-state index in [4.69, 9.17) is 10.5 Å². The Balaban J connectivity index is 1.30. The van der Waals surface area contributed by atoms with Crippen molar-refractivity contribution in [1.29, 1.82) is 0 Å². The molecule has 1 unspecified atom stereocenters. The van der Waals surface area contributed by atoms with Crippen LogP contribution in [0, 0.1) is 23.2 Å². The fraction of sp³-hybridized carbons (Fsp3) is 0.667. The first kappa shape index (κ1) is 22.6. The molecule has 33 heavy (non-hydrogen) atoms. The van der Waals surface area contributed by atoms with Gasteiger partial charge in [-0.2, -0.15) is 0 Å². The summed E-state index contributed by atoms with van der Waals surface area (Å²) in [5, 5.41) is 0. The third-order valence-corrected chi connectivity index (χ3v) is 9.18. The maximum atomic E-state index is 13.2. The van der Waals surface area contributed by atoms with E-state index in [0.717, 1.165) is 38.5 Å². The summed E-state index contributed by atoms with van der Waals surface area (Å²) in [7, 11) is 0. The van der Waals surface area contributed by atoms with E-state index in [1.807, 2.05) is 17.0 Å². The maximum absolute atomic E-state index is 13.2. The smallest absolute Gasteiger partial charge is 0.248 e. The monoisotopic (exact) mass is 452 g/mol. The Bertz CT molecular complexity index is 953. The van der Waals surface area contributed by atoms with E-state index < -0.39 is 0 Å². The number of primary amides is 1. The fourth-order valence-corrected chi connectivity index (χ4v) is 7.55. The van der Waals surface area contributed by atoms with E-state index in [-0.39, 0.29) is 17.2 Å². The Labute approximate surface area is 196 Å². The molecule has 0 bridgehead atoms. The summed E-state index contributed by atoms with van der Waals surface area (Å²) in [6, 6.07) is 5.96. The highest BCUT2D eigenvalue weighted by atomic mass is 16.5. The summed E-state index contributed by atoms with van der Waals surface area (Å²) in [6.45, 7) is 4.87. The molecule has 1 aromatic carbocycles. The van der Waals surface area contributed by atoms with Gasteiger partial charge in [0.2, 0.25) is 11.8 Å². The van der Waals surface area contributed by atoms with Gasteiger partial charge in [-0.25, -0.2) is 0 Å². The molecule has 6 heteroatoms. The molecule has 3 fully saturated rings. The molecule has 178 valence electrons. The summed E-state index contributed by atoms with van der Waals surface area (Å²) in [5.41, 5.74) is 8.49. The molecular formula is C27H36N2O4. The van der Waals surface area contributed by atoms with E-state index in [9.17, 15) is 14.4 Å². The highest BCUT2D eigenvalue weighted by Crippen LogP contribution is 2.62. The predicted molar refractivity (Wildman–Crippen MR) is 125 cm³/mol. The average Bonchev–Trinajstić information content (AvgIpc) is 3.08. The number of Topliss-reactive ketones (excluding diaryl/α,β-unsaturated/α-hetero) is 1. The van der Waals surface area contributed by atoms with Crippen molar-refractivity contribution < 1.29 is 19.1 Å². The van der Waals surface area contributed by atoms with E-state index >= 15 is 0 Å². The number of carbonyl (C=O) groups excluding carboxylic acids is 3. The van der Waals surface area contributed by atoms with Crippen molar-refractivity contribution in [2.75, 3.05) is 26.3 Å². The first-order valence-electron chi connectivity index (χ1n) is 12.7. The molecule has 0 aromatic heterocycles. The minimum atomic E-state index is -0.371. The van der Waals surface area contributed by atoms with Crippen LogP contribution in [0.4, 0.5) is 0 Å². The van der Waals surface area contributed by atoms with Crippen LogP contribution >= 0.6 is 0 Å². The highest BCUT2D eigenvalue weighted by molar-refractivity contribution is 5.93. The van der Waals surface area contributed by atoms with Gasteiger partial charge >= 0.3 is 0 Å². The number of nitrogens with two attached hydrogens (primary N) is 1. The minimum Gasteiger partial charge on any atom is -0.378 e. The number of morpholine rings is 1. The Hall–Kier alpha value is -2.21. The molecule has 4 aliphatic rings. The Morgan fingerprint density at radius 1 is 1.21 bits per heavy atom. The summed E-state index contributed by atoms with van der Waals surface area (Å²) < 4.78 is 5.36. The van der Waals surface area contributed by atoms with Gasteiger partial charge in [-0.05, 0) is 85.5 Å². The molecular weight excluding hydrogens is 416 g/mol.